The number of nitrogens with zero attached hydrogens (tertiary/aromatic N) is 1. The zero-order valence-electron chi connectivity index (χ0n) is 14.9. The Morgan fingerprint density at radius 1 is 1.32 bits per heavy atom. The predicted octanol–water partition coefficient (Wildman–Crippen LogP) is 4.02. The van der Waals surface area contributed by atoms with Gasteiger partial charge in [0.05, 0.1) is 10.4 Å². The van der Waals surface area contributed by atoms with Gasteiger partial charge in [-0.1, -0.05) is 25.3 Å². The lowest BCUT2D eigenvalue weighted by Gasteiger charge is -2.30. The molecule has 1 aromatic heterocycles. The lowest BCUT2D eigenvalue weighted by atomic mass is 9.87. The second-order valence-corrected chi connectivity index (χ2v) is 11.1. The molecule has 2 N–H and O–H groups in total. The quantitative estimate of drug-likeness (QED) is 0.707. The largest absolute Gasteiger partial charge is 0.379 e. The lowest BCUT2D eigenvalue weighted by molar-refractivity contribution is 0.0996. The summed E-state index contributed by atoms with van der Waals surface area (Å²) in [6.07, 6.45) is 1.81. The first-order valence-electron chi connectivity index (χ1n) is 8.19. The van der Waals surface area contributed by atoms with Crippen LogP contribution in [0.2, 0.25) is 0 Å². The molecule has 0 bridgehead atoms. The van der Waals surface area contributed by atoms with Crippen molar-refractivity contribution < 1.29 is 17.6 Å². The number of halogens is 1. The smallest absolute Gasteiger partial charge is 0.184 e. The lowest BCUT2D eigenvalue weighted by Crippen LogP contribution is -2.29. The fourth-order valence-electron chi connectivity index (χ4n) is 2.92. The van der Waals surface area contributed by atoms with E-state index in [4.69, 9.17) is 5.73 Å². The summed E-state index contributed by atoms with van der Waals surface area (Å²) in [5, 5.41) is 0.427. The van der Waals surface area contributed by atoms with Crippen LogP contribution in [0.3, 0.4) is 0 Å². The van der Waals surface area contributed by atoms with E-state index in [2.05, 4.69) is 4.99 Å². The van der Waals surface area contributed by atoms with Crippen LogP contribution in [0, 0.1) is 5.82 Å². The van der Waals surface area contributed by atoms with E-state index >= 15 is 0 Å². The van der Waals surface area contributed by atoms with Gasteiger partial charge in [0.1, 0.15) is 10.0 Å². The highest BCUT2D eigenvalue weighted by Crippen LogP contribution is 2.37. The Kier molecular flexibility index (Phi) is 6.73. The molecule has 2 aromatic rings. The fourth-order valence-corrected chi connectivity index (χ4v) is 5.76. The minimum atomic E-state index is -3.34. The highest BCUT2D eigenvalue weighted by atomic mass is 32.2. The van der Waals surface area contributed by atoms with Crippen molar-refractivity contribution in [2.75, 3.05) is 12.0 Å². The van der Waals surface area contributed by atoms with Crippen molar-refractivity contribution in [1.29, 1.82) is 0 Å². The molecule has 0 saturated carbocycles. The van der Waals surface area contributed by atoms with Gasteiger partial charge in [0.2, 0.25) is 0 Å². The molecule has 9 heteroatoms. The Bertz CT molecular complexity index is 1030. The SMILES string of the molecule is C.C[C@@]1(c2cc(CC(=O)c3ccc(S(C)(=O)=O)s3)ccc2F)CCSC(N)=N1. The maximum absolute atomic E-state index is 14.5. The molecular formula is C19H23FN2O3S3. The molecular weight excluding hydrogens is 419 g/mol. The molecule has 0 radical (unpaired) electrons. The molecule has 1 atom stereocenters. The Balaban J connectivity index is 0.00000280. The number of hydrogen-bond donors (Lipinski definition) is 1. The van der Waals surface area contributed by atoms with Gasteiger partial charge in [0.25, 0.3) is 0 Å². The van der Waals surface area contributed by atoms with Gasteiger partial charge in [-0.05, 0) is 43.2 Å². The van der Waals surface area contributed by atoms with Crippen molar-refractivity contribution in [2.24, 2.45) is 10.7 Å². The van der Waals surface area contributed by atoms with Crippen LogP contribution >= 0.6 is 23.1 Å². The molecule has 3 rings (SSSR count). The number of rotatable bonds is 5. The van der Waals surface area contributed by atoms with Crippen LogP contribution in [-0.4, -0.2) is 31.4 Å². The normalized spacial score (nSPS) is 19.6. The zero-order valence-corrected chi connectivity index (χ0v) is 17.3. The first-order valence-corrected chi connectivity index (χ1v) is 11.9. The molecule has 28 heavy (non-hydrogen) atoms. The van der Waals surface area contributed by atoms with Crippen LogP contribution in [0.5, 0.6) is 0 Å². The van der Waals surface area contributed by atoms with Gasteiger partial charge >= 0.3 is 0 Å². The van der Waals surface area contributed by atoms with Crippen molar-refractivity contribution in [3.05, 3.63) is 52.2 Å². The number of thiophene rings is 1. The zero-order chi connectivity index (χ0) is 19.8. The predicted molar refractivity (Wildman–Crippen MR) is 115 cm³/mol. The Hall–Kier alpha value is -1.71. The van der Waals surface area contributed by atoms with E-state index < -0.39 is 15.4 Å². The number of benzene rings is 1. The Labute approximate surface area is 173 Å². The number of carbonyl (C=O) groups is 1. The van der Waals surface area contributed by atoms with Crippen LogP contribution in [0.4, 0.5) is 4.39 Å². The van der Waals surface area contributed by atoms with Gasteiger partial charge < -0.3 is 5.73 Å². The summed E-state index contributed by atoms with van der Waals surface area (Å²) in [6, 6.07) is 7.51. The van der Waals surface area contributed by atoms with Crippen molar-refractivity contribution in [3.63, 3.8) is 0 Å². The third-order valence-corrected chi connectivity index (χ3v) is 8.13. The van der Waals surface area contributed by atoms with Crippen LogP contribution in [0.15, 0.2) is 39.5 Å². The summed E-state index contributed by atoms with van der Waals surface area (Å²) in [5.74, 6) is 0.158. The number of sulfone groups is 1. The van der Waals surface area contributed by atoms with E-state index in [9.17, 15) is 17.6 Å². The van der Waals surface area contributed by atoms with Crippen LogP contribution < -0.4 is 5.73 Å². The molecule has 1 aliphatic heterocycles. The van der Waals surface area contributed by atoms with Gasteiger partial charge in [-0.25, -0.2) is 12.8 Å². The van der Waals surface area contributed by atoms with Gasteiger partial charge in [-0.3, -0.25) is 9.79 Å². The van der Waals surface area contributed by atoms with Crippen molar-refractivity contribution in [2.45, 2.75) is 36.9 Å². The second kappa shape index (κ2) is 8.34. The van der Waals surface area contributed by atoms with Crippen molar-refractivity contribution >= 4 is 43.9 Å². The van der Waals surface area contributed by atoms with E-state index in [-0.39, 0.29) is 29.7 Å². The van der Waals surface area contributed by atoms with Gasteiger partial charge in [0, 0.05) is 24.0 Å². The van der Waals surface area contributed by atoms with Crippen LogP contribution in [0.1, 0.15) is 41.6 Å². The number of amidine groups is 1. The van der Waals surface area contributed by atoms with Crippen LogP contribution in [0.25, 0.3) is 0 Å². The summed E-state index contributed by atoms with van der Waals surface area (Å²) in [4.78, 5) is 17.3. The monoisotopic (exact) mass is 442 g/mol. The first-order chi connectivity index (χ1) is 12.6. The standard InChI is InChI=1S/C18H19FN2O3S3.CH4/c1-18(7-8-25-17(20)21-18)12-9-11(3-4-13(12)19)10-14(22)15-5-6-16(26-15)27(2,23)24;/h3-6,9H,7-8,10H2,1-2H3,(H2,20,21);1H4/t18-;/m0./s1. The molecule has 1 aliphatic rings. The first kappa shape index (κ1) is 22.6. The number of Topliss-reactive ketones (excluding diaryl/α,β-unsaturated/α-hetero) is 1. The van der Waals surface area contributed by atoms with Crippen molar-refractivity contribution in [3.8, 4) is 0 Å². The average molecular weight is 443 g/mol. The van der Waals surface area contributed by atoms with E-state index in [1.807, 2.05) is 6.92 Å². The van der Waals surface area contributed by atoms with Gasteiger partial charge in [-0.2, -0.15) is 0 Å². The maximum atomic E-state index is 14.5. The minimum Gasteiger partial charge on any atom is -0.379 e. The minimum absolute atomic E-state index is 0. The number of carbonyl (C=O) groups excluding carboxylic acids is 1. The van der Waals surface area contributed by atoms with E-state index in [1.54, 1.807) is 12.1 Å². The number of aliphatic imine (C=N–C) groups is 1. The molecule has 152 valence electrons. The van der Waals surface area contributed by atoms with Crippen LogP contribution in [-0.2, 0) is 21.8 Å². The average Bonchev–Trinajstić information content (AvgIpc) is 3.07. The maximum Gasteiger partial charge on any atom is 0.184 e. The molecule has 0 amide bonds. The number of ketones is 1. The summed E-state index contributed by atoms with van der Waals surface area (Å²) < 4.78 is 37.8. The fraction of sp³-hybridized carbons (Fsp3) is 0.368. The summed E-state index contributed by atoms with van der Waals surface area (Å²) in [5.41, 5.74) is 6.13. The third kappa shape index (κ3) is 4.82. The number of thioether (sulfide) groups is 1. The topological polar surface area (TPSA) is 89.6 Å². The molecule has 0 aliphatic carbocycles. The molecule has 0 fully saturated rings. The second-order valence-electron chi connectivity index (χ2n) is 6.63. The summed E-state index contributed by atoms with van der Waals surface area (Å²) >= 11 is 2.39. The highest BCUT2D eigenvalue weighted by Gasteiger charge is 2.32. The highest BCUT2D eigenvalue weighted by molar-refractivity contribution is 8.13. The van der Waals surface area contributed by atoms with Crippen molar-refractivity contribution in [1.82, 2.24) is 0 Å². The van der Waals surface area contributed by atoms with Gasteiger partial charge in [-0.15, -0.1) is 11.3 Å². The molecule has 0 spiro atoms. The molecule has 0 saturated heterocycles. The third-order valence-electron chi connectivity index (χ3n) is 4.39. The summed E-state index contributed by atoms with van der Waals surface area (Å²) in [7, 11) is -3.34. The number of hydrogen-bond acceptors (Lipinski definition) is 7. The molecule has 1 aromatic carbocycles. The van der Waals surface area contributed by atoms with E-state index in [1.165, 1.54) is 30.0 Å². The van der Waals surface area contributed by atoms with E-state index in [0.717, 1.165) is 23.3 Å². The molecule has 2 heterocycles. The molecule has 5 nitrogen and oxygen atoms in total. The number of nitrogens with two attached hydrogens (primary N) is 1. The van der Waals surface area contributed by atoms with E-state index in [0.29, 0.717) is 27.6 Å². The Morgan fingerprint density at radius 2 is 2.04 bits per heavy atom. The molecule has 0 unspecified atom stereocenters. The summed E-state index contributed by atoms with van der Waals surface area (Å²) in [6.45, 7) is 1.83. The van der Waals surface area contributed by atoms with Gasteiger partial charge in [0.15, 0.2) is 20.8 Å². The Morgan fingerprint density at radius 3 is 2.64 bits per heavy atom.